The fourth-order valence-corrected chi connectivity index (χ4v) is 1.72. The van der Waals surface area contributed by atoms with Crippen molar-refractivity contribution in [3.05, 3.63) is 34.9 Å². The number of amides is 2. The minimum atomic E-state index is -0.627. The molecule has 0 heterocycles. The van der Waals surface area contributed by atoms with Gasteiger partial charge in [-0.25, -0.2) is 0 Å². The highest BCUT2D eigenvalue weighted by molar-refractivity contribution is 6.33. The van der Waals surface area contributed by atoms with Crippen molar-refractivity contribution in [2.45, 2.75) is 26.7 Å². The summed E-state index contributed by atoms with van der Waals surface area (Å²) < 4.78 is 4.79. The van der Waals surface area contributed by atoms with E-state index in [1.165, 1.54) is 6.07 Å². The van der Waals surface area contributed by atoms with Crippen molar-refractivity contribution < 1.29 is 19.1 Å². The van der Waals surface area contributed by atoms with Gasteiger partial charge >= 0.3 is 5.97 Å². The summed E-state index contributed by atoms with van der Waals surface area (Å²) in [6.07, 6.45) is 0.959. The number of benzene rings is 1. The first-order valence-electron chi connectivity index (χ1n) is 6.89. The third kappa shape index (κ3) is 6.58. The van der Waals surface area contributed by atoms with Gasteiger partial charge in [-0.3, -0.25) is 25.2 Å². The van der Waals surface area contributed by atoms with E-state index in [9.17, 15) is 14.4 Å². The molecule has 0 aliphatic heterocycles. The summed E-state index contributed by atoms with van der Waals surface area (Å²) in [6.45, 7) is 3.54. The maximum absolute atomic E-state index is 11.8. The summed E-state index contributed by atoms with van der Waals surface area (Å²) in [5, 5.41) is 0.273. The lowest BCUT2D eigenvalue weighted by molar-refractivity contribution is -0.148. The first kappa shape index (κ1) is 18.0. The van der Waals surface area contributed by atoms with E-state index in [-0.39, 0.29) is 17.0 Å². The van der Waals surface area contributed by atoms with Gasteiger partial charge in [-0.05, 0) is 24.5 Å². The molecule has 0 aliphatic carbocycles. The molecule has 0 radical (unpaired) electrons. The van der Waals surface area contributed by atoms with Gasteiger partial charge in [-0.15, -0.1) is 0 Å². The Hall–Kier alpha value is -2.08. The zero-order chi connectivity index (χ0) is 16.5. The van der Waals surface area contributed by atoms with E-state index in [0.717, 1.165) is 0 Å². The fraction of sp³-hybridized carbons (Fsp3) is 0.400. The number of hydrogen-bond acceptors (Lipinski definition) is 4. The Morgan fingerprint density at radius 1 is 1.18 bits per heavy atom. The van der Waals surface area contributed by atoms with Crippen LogP contribution in [-0.4, -0.2) is 24.4 Å². The van der Waals surface area contributed by atoms with Crippen LogP contribution in [0.2, 0.25) is 5.02 Å². The molecule has 1 aromatic carbocycles. The Kier molecular flexibility index (Phi) is 7.39. The molecule has 120 valence electrons. The number of carbonyl (C=O) groups excluding carboxylic acids is 3. The maximum atomic E-state index is 11.8. The lowest BCUT2D eigenvalue weighted by Crippen LogP contribution is -2.43. The minimum Gasteiger partial charge on any atom is -0.455 e. The Morgan fingerprint density at radius 2 is 1.86 bits per heavy atom. The number of hydrazine groups is 1. The molecule has 0 saturated heterocycles. The summed E-state index contributed by atoms with van der Waals surface area (Å²) in [5.74, 6) is -1.24. The van der Waals surface area contributed by atoms with E-state index in [2.05, 4.69) is 10.9 Å². The van der Waals surface area contributed by atoms with E-state index < -0.39 is 24.4 Å². The molecule has 0 atom stereocenters. The van der Waals surface area contributed by atoms with Gasteiger partial charge in [-0.1, -0.05) is 37.6 Å². The van der Waals surface area contributed by atoms with Crippen LogP contribution in [0.1, 0.15) is 37.0 Å². The molecule has 2 amide bonds. The lowest BCUT2D eigenvalue weighted by Gasteiger charge is -2.09. The van der Waals surface area contributed by atoms with Crippen LogP contribution in [0.25, 0.3) is 0 Å². The molecular formula is C15H19ClN2O4. The van der Waals surface area contributed by atoms with Gasteiger partial charge in [0, 0.05) is 6.42 Å². The number of esters is 1. The van der Waals surface area contributed by atoms with Crippen LogP contribution in [0.3, 0.4) is 0 Å². The molecule has 1 aromatic rings. The molecule has 22 heavy (non-hydrogen) atoms. The normalized spacial score (nSPS) is 10.2. The third-order valence-electron chi connectivity index (χ3n) is 2.72. The largest absolute Gasteiger partial charge is 0.455 e. The van der Waals surface area contributed by atoms with Crippen LogP contribution in [0.4, 0.5) is 0 Å². The smallest absolute Gasteiger partial charge is 0.306 e. The van der Waals surface area contributed by atoms with E-state index in [1.54, 1.807) is 18.2 Å². The summed E-state index contributed by atoms with van der Waals surface area (Å²) in [6, 6.07) is 6.43. The minimum absolute atomic E-state index is 0.235. The van der Waals surface area contributed by atoms with E-state index >= 15 is 0 Å². The summed E-state index contributed by atoms with van der Waals surface area (Å²) >= 11 is 5.85. The van der Waals surface area contributed by atoms with E-state index in [0.29, 0.717) is 12.3 Å². The molecule has 0 spiro atoms. The number of ether oxygens (including phenoxy) is 1. The zero-order valence-electron chi connectivity index (χ0n) is 12.5. The van der Waals surface area contributed by atoms with Crippen LogP contribution >= 0.6 is 11.6 Å². The Labute approximate surface area is 134 Å². The predicted molar refractivity (Wildman–Crippen MR) is 82.1 cm³/mol. The number of halogens is 1. The molecule has 1 rings (SSSR count). The van der Waals surface area contributed by atoms with Crippen LogP contribution in [0.5, 0.6) is 0 Å². The maximum Gasteiger partial charge on any atom is 0.306 e. The second-order valence-electron chi connectivity index (χ2n) is 5.08. The second kappa shape index (κ2) is 9.04. The second-order valence-corrected chi connectivity index (χ2v) is 5.48. The monoisotopic (exact) mass is 326 g/mol. The van der Waals surface area contributed by atoms with Gasteiger partial charge in [-0.2, -0.15) is 0 Å². The highest BCUT2D eigenvalue weighted by Crippen LogP contribution is 2.14. The number of carbonyl (C=O) groups is 3. The van der Waals surface area contributed by atoms with Crippen LogP contribution in [0, 0.1) is 5.92 Å². The summed E-state index contributed by atoms with van der Waals surface area (Å²) in [5.41, 5.74) is 4.59. The molecule has 0 aromatic heterocycles. The number of hydrogen-bond donors (Lipinski definition) is 2. The Balaban J connectivity index is 2.30. The SMILES string of the molecule is CC(C)CCC(=O)OCC(=O)NNC(=O)c1ccccc1Cl. The highest BCUT2D eigenvalue weighted by Gasteiger charge is 2.12. The lowest BCUT2D eigenvalue weighted by atomic mass is 10.1. The van der Waals surface area contributed by atoms with Crippen molar-refractivity contribution in [1.82, 2.24) is 10.9 Å². The van der Waals surface area contributed by atoms with Gasteiger partial charge in [0.15, 0.2) is 6.61 Å². The standard InChI is InChI=1S/C15H19ClN2O4/c1-10(2)7-8-14(20)22-9-13(19)17-18-15(21)11-5-3-4-6-12(11)16/h3-6,10H,7-9H2,1-2H3,(H,17,19)(H,18,21). The summed E-state index contributed by atoms with van der Waals surface area (Å²) in [7, 11) is 0. The number of rotatable bonds is 6. The first-order chi connectivity index (χ1) is 10.4. The van der Waals surface area contributed by atoms with Crippen molar-refractivity contribution in [2.75, 3.05) is 6.61 Å². The van der Waals surface area contributed by atoms with Gasteiger partial charge in [0.1, 0.15) is 0 Å². The molecule has 7 heteroatoms. The molecule has 0 aliphatic rings. The van der Waals surface area contributed by atoms with E-state index in [4.69, 9.17) is 16.3 Å². The highest BCUT2D eigenvalue weighted by atomic mass is 35.5. The average Bonchev–Trinajstić information content (AvgIpc) is 2.48. The van der Waals surface area contributed by atoms with Crippen LogP contribution in [-0.2, 0) is 14.3 Å². The molecule has 2 N–H and O–H groups in total. The Morgan fingerprint density at radius 3 is 2.50 bits per heavy atom. The molecule has 6 nitrogen and oxygen atoms in total. The van der Waals surface area contributed by atoms with Gasteiger partial charge < -0.3 is 4.74 Å². The zero-order valence-corrected chi connectivity index (χ0v) is 13.3. The third-order valence-corrected chi connectivity index (χ3v) is 3.05. The van der Waals surface area contributed by atoms with Gasteiger partial charge in [0.05, 0.1) is 10.6 Å². The molecule has 0 saturated carbocycles. The molecule has 0 unspecified atom stereocenters. The van der Waals surface area contributed by atoms with Crippen LogP contribution < -0.4 is 10.9 Å². The topological polar surface area (TPSA) is 84.5 Å². The van der Waals surface area contributed by atoms with Crippen molar-refractivity contribution in [3.8, 4) is 0 Å². The number of nitrogens with one attached hydrogen (secondary N) is 2. The first-order valence-corrected chi connectivity index (χ1v) is 7.27. The van der Waals surface area contributed by atoms with Crippen molar-refractivity contribution in [2.24, 2.45) is 5.92 Å². The Bertz CT molecular complexity index is 546. The van der Waals surface area contributed by atoms with Crippen molar-refractivity contribution in [1.29, 1.82) is 0 Å². The average molecular weight is 327 g/mol. The van der Waals surface area contributed by atoms with Crippen molar-refractivity contribution in [3.63, 3.8) is 0 Å². The van der Waals surface area contributed by atoms with Crippen LogP contribution in [0.15, 0.2) is 24.3 Å². The predicted octanol–water partition coefficient (Wildman–Crippen LogP) is 2.08. The van der Waals surface area contributed by atoms with Gasteiger partial charge in [0.25, 0.3) is 11.8 Å². The quantitative estimate of drug-likeness (QED) is 0.619. The molecular weight excluding hydrogens is 308 g/mol. The molecule has 0 bridgehead atoms. The van der Waals surface area contributed by atoms with E-state index in [1.807, 2.05) is 13.8 Å². The summed E-state index contributed by atoms with van der Waals surface area (Å²) in [4.78, 5) is 34.6. The molecule has 0 fully saturated rings. The fourth-order valence-electron chi connectivity index (χ4n) is 1.50. The van der Waals surface area contributed by atoms with Gasteiger partial charge in [0.2, 0.25) is 0 Å². The van der Waals surface area contributed by atoms with Crippen molar-refractivity contribution >= 4 is 29.4 Å².